The number of carboxylic acids is 1. The third kappa shape index (κ3) is 4.69. The Labute approximate surface area is 158 Å². The first-order chi connectivity index (χ1) is 12.8. The first-order valence-corrected chi connectivity index (χ1v) is 8.77. The van der Waals surface area contributed by atoms with Crippen molar-refractivity contribution < 1.29 is 29.0 Å². The summed E-state index contributed by atoms with van der Waals surface area (Å²) in [7, 11) is 4.59. The fourth-order valence-electron chi connectivity index (χ4n) is 3.18. The Kier molecular flexibility index (Phi) is 6.65. The summed E-state index contributed by atoms with van der Waals surface area (Å²) in [6, 6.07) is 3.25. The number of likely N-dealkylation sites (tertiary alicyclic amines) is 1. The van der Waals surface area contributed by atoms with E-state index in [2.05, 4.69) is 0 Å². The third-order valence-corrected chi connectivity index (χ3v) is 4.92. The van der Waals surface area contributed by atoms with Gasteiger partial charge < -0.3 is 24.4 Å². The number of hydrogen-bond acceptors (Lipinski definition) is 5. The number of ether oxygens (including phenoxy) is 2. The van der Waals surface area contributed by atoms with Crippen LogP contribution in [0, 0.1) is 12.8 Å². The molecule has 2 rings (SSSR count). The Hall–Kier alpha value is -2.77. The summed E-state index contributed by atoms with van der Waals surface area (Å²) in [5.41, 5.74) is 1.16. The average molecular weight is 378 g/mol. The van der Waals surface area contributed by atoms with E-state index in [9.17, 15) is 14.4 Å². The molecule has 27 heavy (non-hydrogen) atoms. The SMILES string of the molecule is COc1cc(C(=O)N(C)CC(=O)N2CCC(C(=O)O)CC2)cc(OC)c1C. The molecule has 148 valence electrons. The van der Waals surface area contributed by atoms with E-state index < -0.39 is 11.9 Å². The standard InChI is InChI=1S/C19H26N2O6/c1-12-15(26-3)9-14(10-16(12)27-4)18(23)20(2)11-17(22)21-7-5-13(6-8-21)19(24)25/h9-10,13H,5-8,11H2,1-4H3,(H,24,25). The molecule has 0 bridgehead atoms. The number of rotatable bonds is 6. The molecule has 2 amide bonds. The molecule has 1 saturated heterocycles. The number of carbonyl (C=O) groups excluding carboxylic acids is 2. The molecule has 1 N–H and O–H groups in total. The Balaban J connectivity index is 2.03. The number of nitrogens with zero attached hydrogens (tertiary/aromatic N) is 2. The number of carbonyl (C=O) groups is 3. The molecule has 0 aromatic heterocycles. The lowest BCUT2D eigenvalue weighted by Crippen LogP contribution is -2.45. The van der Waals surface area contributed by atoms with Gasteiger partial charge in [0.05, 0.1) is 26.7 Å². The fourth-order valence-corrected chi connectivity index (χ4v) is 3.18. The second-order valence-corrected chi connectivity index (χ2v) is 6.66. The van der Waals surface area contributed by atoms with Crippen molar-refractivity contribution in [3.63, 3.8) is 0 Å². The quantitative estimate of drug-likeness (QED) is 0.804. The first-order valence-electron chi connectivity index (χ1n) is 8.77. The van der Waals surface area contributed by atoms with Crippen molar-refractivity contribution >= 4 is 17.8 Å². The Bertz CT molecular complexity index is 700. The van der Waals surface area contributed by atoms with Crippen molar-refractivity contribution in [3.05, 3.63) is 23.3 Å². The van der Waals surface area contributed by atoms with E-state index in [1.54, 1.807) is 24.1 Å². The molecule has 0 atom stereocenters. The molecular formula is C19H26N2O6. The highest BCUT2D eigenvalue weighted by molar-refractivity contribution is 5.97. The van der Waals surface area contributed by atoms with Gasteiger partial charge in [-0.15, -0.1) is 0 Å². The lowest BCUT2D eigenvalue weighted by Gasteiger charge is -2.31. The lowest BCUT2D eigenvalue weighted by molar-refractivity contribution is -0.145. The topological polar surface area (TPSA) is 96.4 Å². The van der Waals surface area contributed by atoms with Gasteiger partial charge in [-0.3, -0.25) is 14.4 Å². The van der Waals surface area contributed by atoms with Crippen LogP contribution < -0.4 is 9.47 Å². The van der Waals surface area contributed by atoms with E-state index in [1.165, 1.54) is 19.1 Å². The number of aliphatic carboxylic acids is 1. The number of hydrogen-bond donors (Lipinski definition) is 1. The second-order valence-electron chi connectivity index (χ2n) is 6.66. The summed E-state index contributed by atoms with van der Waals surface area (Å²) >= 11 is 0. The monoisotopic (exact) mass is 378 g/mol. The van der Waals surface area contributed by atoms with Gasteiger partial charge in [0, 0.05) is 31.3 Å². The van der Waals surface area contributed by atoms with Gasteiger partial charge in [-0.25, -0.2) is 0 Å². The zero-order valence-corrected chi connectivity index (χ0v) is 16.2. The van der Waals surface area contributed by atoms with Crippen LogP contribution in [-0.2, 0) is 9.59 Å². The van der Waals surface area contributed by atoms with Gasteiger partial charge in [0.1, 0.15) is 11.5 Å². The van der Waals surface area contributed by atoms with Crippen LogP contribution in [0.2, 0.25) is 0 Å². The van der Waals surface area contributed by atoms with Gasteiger partial charge in [-0.2, -0.15) is 0 Å². The molecule has 8 heteroatoms. The highest BCUT2D eigenvalue weighted by atomic mass is 16.5. The van der Waals surface area contributed by atoms with Crippen LogP contribution in [0.25, 0.3) is 0 Å². The molecule has 0 radical (unpaired) electrons. The van der Waals surface area contributed by atoms with E-state index in [1.807, 2.05) is 6.92 Å². The molecule has 1 heterocycles. The zero-order valence-electron chi connectivity index (χ0n) is 16.2. The van der Waals surface area contributed by atoms with Crippen LogP contribution in [0.15, 0.2) is 12.1 Å². The van der Waals surface area contributed by atoms with Crippen LogP contribution in [0.1, 0.15) is 28.8 Å². The molecule has 1 aliphatic rings. The summed E-state index contributed by atoms with van der Waals surface area (Å²) in [6.07, 6.45) is 0.871. The third-order valence-electron chi connectivity index (χ3n) is 4.92. The summed E-state index contributed by atoms with van der Waals surface area (Å²) in [6.45, 7) is 2.54. The lowest BCUT2D eigenvalue weighted by atomic mass is 9.97. The summed E-state index contributed by atoms with van der Waals surface area (Å²) < 4.78 is 10.6. The van der Waals surface area contributed by atoms with Gasteiger partial charge in [-0.1, -0.05) is 0 Å². The van der Waals surface area contributed by atoms with Crippen molar-refractivity contribution in [2.45, 2.75) is 19.8 Å². The van der Waals surface area contributed by atoms with Crippen LogP contribution >= 0.6 is 0 Å². The molecule has 0 unspecified atom stereocenters. The maximum Gasteiger partial charge on any atom is 0.306 e. The van der Waals surface area contributed by atoms with E-state index in [0.29, 0.717) is 43.0 Å². The molecule has 1 aromatic carbocycles. The summed E-state index contributed by atoms with van der Waals surface area (Å²) in [4.78, 5) is 39.1. The number of amides is 2. The van der Waals surface area contributed by atoms with Crippen molar-refractivity contribution in [2.24, 2.45) is 5.92 Å². The largest absolute Gasteiger partial charge is 0.496 e. The van der Waals surface area contributed by atoms with E-state index in [4.69, 9.17) is 14.6 Å². The molecular weight excluding hydrogens is 352 g/mol. The minimum Gasteiger partial charge on any atom is -0.496 e. The molecule has 0 saturated carbocycles. The van der Waals surface area contributed by atoms with E-state index in [0.717, 1.165) is 5.56 Å². The van der Waals surface area contributed by atoms with Crippen molar-refractivity contribution in [1.29, 1.82) is 0 Å². The molecule has 1 aliphatic heterocycles. The predicted molar refractivity (Wildman–Crippen MR) is 98.2 cm³/mol. The zero-order chi connectivity index (χ0) is 20.1. The number of piperidine rings is 1. The minimum atomic E-state index is -0.823. The van der Waals surface area contributed by atoms with E-state index in [-0.39, 0.29) is 18.4 Å². The predicted octanol–water partition coefficient (Wildman–Crippen LogP) is 1.41. The van der Waals surface area contributed by atoms with Crippen LogP contribution in [-0.4, -0.2) is 73.6 Å². The summed E-state index contributed by atoms with van der Waals surface area (Å²) in [5, 5.41) is 9.04. The first kappa shape index (κ1) is 20.5. The van der Waals surface area contributed by atoms with Gasteiger partial charge >= 0.3 is 5.97 Å². The fraction of sp³-hybridized carbons (Fsp3) is 0.526. The van der Waals surface area contributed by atoms with Gasteiger partial charge in [-0.05, 0) is 31.9 Å². The number of likely N-dealkylation sites (N-methyl/N-ethyl adjacent to an activating group) is 1. The smallest absolute Gasteiger partial charge is 0.306 e. The minimum absolute atomic E-state index is 0.0743. The molecule has 1 aromatic rings. The number of methoxy groups -OCH3 is 2. The van der Waals surface area contributed by atoms with Crippen LogP contribution in [0.5, 0.6) is 11.5 Å². The van der Waals surface area contributed by atoms with E-state index >= 15 is 0 Å². The Morgan fingerprint density at radius 2 is 1.67 bits per heavy atom. The van der Waals surface area contributed by atoms with Gasteiger partial charge in [0.25, 0.3) is 5.91 Å². The second kappa shape index (κ2) is 8.75. The van der Waals surface area contributed by atoms with Crippen molar-refractivity contribution in [2.75, 3.05) is 40.9 Å². The number of carboxylic acid groups (broad SMARTS) is 1. The molecule has 8 nitrogen and oxygen atoms in total. The maximum atomic E-state index is 12.7. The van der Waals surface area contributed by atoms with Gasteiger partial charge in [0.15, 0.2) is 0 Å². The highest BCUT2D eigenvalue weighted by Gasteiger charge is 2.28. The molecule has 1 fully saturated rings. The normalized spacial score (nSPS) is 14.6. The van der Waals surface area contributed by atoms with Crippen LogP contribution in [0.4, 0.5) is 0 Å². The molecule has 0 aliphatic carbocycles. The Morgan fingerprint density at radius 3 is 2.11 bits per heavy atom. The van der Waals surface area contributed by atoms with Crippen molar-refractivity contribution in [3.8, 4) is 11.5 Å². The maximum absolute atomic E-state index is 12.7. The molecule has 0 spiro atoms. The van der Waals surface area contributed by atoms with Crippen LogP contribution in [0.3, 0.4) is 0 Å². The highest BCUT2D eigenvalue weighted by Crippen LogP contribution is 2.30. The van der Waals surface area contributed by atoms with Gasteiger partial charge in [0.2, 0.25) is 5.91 Å². The Morgan fingerprint density at radius 1 is 1.15 bits per heavy atom. The summed E-state index contributed by atoms with van der Waals surface area (Å²) in [5.74, 6) is -0.667. The number of benzene rings is 1. The van der Waals surface area contributed by atoms with Crippen molar-refractivity contribution in [1.82, 2.24) is 9.80 Å². The average Bonchev–Trinajstić information content (AvgIpc) is 2.67.